The molecule has 0 bridgehead atoms. The van der Waals surface area contributed by atoms with Crippen LogP contribution in [0.15, 0.2) is 91.4 Å². The average Bonchev–Trinajstić information content (AvgIpc) is 4.15. The van der Waals surface area contributed by atoms with E-state index >= 15 is 0 Å². The molecule has 2 aliphatic rings. The molecule has 2 aliphatic heterocycles. The van der Waals surface area contributed by atoms with Crippen molar-refractivity contribution in [2.45, 2.75) is 70.2 Å². The van der Waals surface area contributed by atoms with Crippen LogP contribution in [0, 0.1) is 5.92 Å². The van der Waals surface area contributed by atoms with Gasteiger partial charge in [-0.3, -0.25) is 9.59 Å². The maximum atomic E-state index is 14.1. The topological polar surface area (TPSA) is 190 Å². The highest BCUT2D eigenvalue weighted by Gasteiger charge is 2.39. The van der Waals surface area contributed by atoms with E-state index in [1.54, 1.807) is 17.3 Å². The molecule has 4 amide bonds. The summed E-state index contributed by atoms with van der Waals surface area (Å²) in [4.78, 5) is 75.2. The van der Waals surface area contributed by atoms with E-state index in [1.165, 1.54) is 14.2 Å². The molecular weight excluding hydrogens is 775 g/mol. The normalized spacial score (nSPS) is 17.4. The fourth-order valence-corrected chi connectivity index (χ4v) is 8.55. The van der Waals surface area contributed by atoms with Gasteiger partial charge in [0, 0.05) is 43.7 Å². The van der Waals surface area contributed by atoms with Crippen molar-refractivity contribution < 1.29 is 28.7 Å². The Labute approximate surface area is 353 Å². The van der Waals surface area contributed by atoms with Crippen molar-refractivity contribution in [3.05, 3.63) is 109 Å². The third-order valence-electron chi connectivity index (χ3n) is 11.8. The van der Waals surface area contributed by atoms with Gasteiger partial charge in [0.25, 0.3) is 5.91 Å². The van der Waals surface area contributed by atoms with Crippen molar-refractivity contribution in [3.8, 4) is 33.6 Å². The Morgan fingerprint density at radius 3 is 1.84 bits per heavy atom. The third kappa shape index (κ3) is 8.58. The summed E-state index contributed by atoms with van der Waals surface area (Å²) in [5.74, 6) is 0.830. The average molecular weight is 826 g/mol. The molecular formula is C46H51N9O6. The highest BCUT2D eigenvalue weighted by atomic mass is 16.6. The number of imidazole rings is 2. The smallest absolute Gasteiger partial charge is 0.407 e. The number of para-hydroxylation sites is 1. The van der Waals surface area contributed by atoms with E-state index in [0.717, 1.165) is 75.8 Å². The van der Waals surface area contributed by atoms with Gasteiger partial charge in [0.1, 0.15) is 17.7 Å². The van der Waals surface area contributed by atoms with Crippen LogP contribution in [-0.4, -0.2) is 98.1 Å². The lowest BCUT2D eigenvalue weighted by Gasteiger charge is -2.29. The highest BCUT2D eigenvalue weighted by molar-refractivity contribution is 5.89. The summed E-state index contributed by atoms with van der Waals surface area (Å²) in [5.41, 5.74) is 7.61. The Balaban J connectivity index is 0.922. The lowest BCUT2D eigenvalue weighted by molar-refractivity contribution is -0.143. The number of aromatic amines is 3. The lowest BCUT2D eigenvalue weighted by Crippen LogP contribution is -2.49. The molecule has 0 saturated carbocycles. The molecule has 4 atom stereocenters. The number of rotatable bonds is 12. The minimum absolute atomic E-state index is 0.181. The van der Waals surface area contributed by atoms with E-state index in [0.29, 0.717) is 31.2 Å². The van der Waals surface area contributed by atoms with Crippen molar-refractivity contribution >= 4 is 34.9 Å². The SMILES string of the molecule is CNC(=O)O[C@H](C(=O)N1CCC[C@H]1c1ncc(-c2ccc(-c3ccc(-c4cnc([C@@H]5CCCN5C(=O)[C@H](Cc5c[nH]c6ccccc56)NC(=O)OC)[nH]4)cc3)cc2)[nH]1)C(C)C. The van der Waals surface area contributed by atoms with Crippen LogP contribution in [0.1, 0.15) is 68.8 Å². The van der Waals surface area contributed by atoms with Gasteiger partial charge in [0.05, 0.1) is 43.0 Å². The van der Waals surface area contributed by atoms with Crippen LogP contribution in [0.4, 0.5) is 9.59 Å². The molecule has 15 nitrogen and oxygen atoms in total. The van der Waals surface area contributed by atoms with Gasteiger partial charge in [-0.05, 0) is 65.5 Å². The molecule has 5 N–H and O–H groups in total. The van der Waals surface area contributed by atoms with Crippen molar-refractivity contribution in [3.63, 3.8) is 0 Å². The van der Waals surface area contributed by atoms with Crippen LogP contribution >= 0.6 is 0 Å². The Bertz CT molecular complexity index is 2510. The Hall–Kier alpha value is -6.90. The minimum Gasteiger partial charge on any atom is -0.453 e. The quantitative estimate of drug-likeness (QED) is 0.0850. The van der Waals surface area contributed by atoms with Gasteiger partial charge >= 0.3 is 12.2 Å². The summed E-state index contributed by atoms with van der Waals surface area (Å²) < 4.78 is 10.3. The van der Waals surface area contributed by atoms with Gasteiger partial charge < -0.3 is 44.9 Å². The number of hydrogen-bond donors (Lipinski definition) is 5. The van der Waals surface area contributed by atoms with Crippen LogP contribution < -0.4 is 10.6 Å². The minimum atomic E-state index is -0.881. The number of hydrogen-bond acceptors (Lipinski definition) is 8. The van der Waals surface area contributed by atoms with Gasteiger partial charge in [-0.2, -0.15) is 0 Å². The van der Waals surface area contributed by atoms with E-state index in [9.17, 15) is 19.2 Å². The summed E-state index contributed by atoms with van der Waals surface area (Å²) in [6.45, 7) is 4.85. The second-order valence-electron chi connectivity index (χ2n) is 16.0. The molecule has 61 heavy (non-hydrogen) atoms. The second-order valence-corrected chi connectivity index (χ2v) is 16.0. The number of H-pyrrole nitrogens is 3. The number of fused-ring (bicyclic) bond motifs is 1. The van der Waals surface area contributed by atoms with Gasteiger partial charge in [0.2, 0.25) is 5.91 Å². The number of nitrogens with zero attached hydrogens (tertiary/aromatic N) is 4. The van der Waals surface area contributed by atoms with E-state index in [2.05, 4.69) is 67.0 Å². The highest BCUT2D eigenvalue weighted by Crippen LogP contribution is 2.35. The monoisotopic (exact) mass is 825 g/mol. The van der Waals surface area contributed by atoms with Crippen LogP contribution in [0.25, 0.3) is 44.5 Å². The molecule has 0 unspecified atom stereocenters. The first-order chi connectivity index (χ1) is 29.6. The van der Waals surface area contributed by atoms with E-state index in [1.807, 2.05) is 61.3 Å². The molecule has 2 fully saturated rings. The first-order valence-corrected chi connectivity index (χ1v) is 20.8. The number of likely N-dealkylation sites (tertiary alicyclic amines) is 2. The maximum absolute atomic E-state index is 14.1. The molecule has 3 aromatic carbocycles. The molecule has 0 radical (unpaired) electrons. The number of amides is 4. The summed E-state index contributed by atoms with van der Waals surface area (Å²) in [6, 6.07) is 23.1. The Kier molecular flexibility index (Phi) is 11.9. The number of aromatic nitrogens is 5. The molecule has 8 rings (SSSR count). The van der Waals surface area contributed by atoms with Crippen molar-refractivity contribution in [1.29, 1.82) is 0 Å². The van der Waals surface area contributed by atoms with Gasteiger partial charge in [-0.1, -0.05) is 80.6 Å². The fourth-order valence-electron chi connectivity index (χ4n) is 8.55. The van der Waals surface area contributed by atoms with Crippen LogP contribution in [0.3, 0.4) is 0 Å². The van der Waals surface area contributed by atoms with Crippen LogP contribution in [0.2, 0.25) is 0 Å². The molecule has 2 saturated heterocycles. The predicted molar refractivity (Wildman–Crippen MR) is 230 cm³/mol. The number of carbonyl (C=O) groups is 4. The van der Waals surface area contributed by atoms with E-state index < -0.39 is 24.3 Å². The third-order valence-corrected chi connectivity index (χ3v) is 11.8. The number of benzene rings is 3. The first-order valence-electron chi connectivity index (χ1n) is 20.8. The lowest BCUT2D eigenvalue weighted by atomic mass is 10.0. The first kappa shape index (κ1) is 40.9. The zero-order chi connectivity index (χ0) is 42.6. The number of methoxy groups -OCH3 is 1. The molecule has 6 aromatic rings. The summed E-state index contributed by atoms with van der Waals surface area (Å²) in [7, 11) is 2.77. The zero-order valence-corrected chi connectivity index (χ0v) is 34.7. The number of nitrogens with one attached hydrogen (secondary N) is 5. The molecule has 5 heterocycles. The molecule has 316 valence electrons. The molecule has 0 spiro atoms. The van der Waals surface area contributed by atoms with Gasteiger partial charge in [0.15, 0.2) is 6.10 Å². The number of carbonyl (C=O) groups excluding carboxylic acids is 4. The predicted octanol–water partition coefficient (Wildman–Crippen LogP) is 7.29. The largest absolute Gasteiger partial charge is 0.453 e. The van der Waals surface area contributed by atoms with Gasteiger partial charge in [-0.15, -0.1) is 0 Å². The molecule has 0 aliphatic carbocycles. The second kappa shape index (κ2) is 17.8. The zero-order valence-electron chi connectivity index (χ0n) is 34.7. The Morgan fingerprint density at radius 2 is 1.30 bits per heavy atom. The fraction of sp³-hybridized carbons (Fsp3) is 0.348. The van der Waals surface area contributed by atoms with Crippen molar-refractivity contribution in [2.24, 2.45) is 5.92 Å². The standard InChI is InChI=1S/C46H51N9O6/c1-27(2)40(61-45(58)47-3)44(57)55-22-8-12-39(55)42-50-26-37(52-42)31-19-15-29(16-20-31)28-13-17-30(18-14-28)36-25-49-41(51-36)38-11-7-21-54(38)43(56)35(53-46(59)60-4)23-32-24-48-34-10-6-5-9-33(32)34/h5-6,9-10,13-20,24-27,35,38-40,48H,7-8,11-12,21-23H2,1-4H3,(H,47,58)(H,49,51)(H,50,52)(H,53,59)/t35-,38-,39-,40-/m0/s1. The van der Waals surface area contributed by atoms with Gasteiger partial charge in [-0.25, -0.2) is 19.6 Å². The van der Waals surface area contributed by atoms with E-state index in [4.69, 9.17) is 14.5 Å². The summed E-state index contributed by atoms with van der Waals surface area (Å²) in [6.07, 6.45) is 6.79. The van der Waals surface area contributed by atoms with Crippen molar-refractivity contribution in [2.75, 3.05) is 27.2 Å². The molecule has 15 heteroatoms. The maximum Gasteiger partial charge on any atom is 0.407 e. The number of alkyl carbamates (subject to hydrolysis) is 2. The van der Waals surface area contributed by atoms with Crippen LogP contribution in [0.5, 0.6) is 0 Å². The Morgan fingerprint density at radius 1 is 0.754 bits per heavy atom. The van der Waals surface area contributed by atoms with Crippen molar-refractivity contribution in [1.82, 2.24) is 45.4 Å². The summed E-state index contributed by atoms with van der Waals surface area (Å²) in [5, 5.41) is 6.22. The molecule has 3 aromatic heterocycles. The van der Waals surface area contributed by atoms with Crippen LogP contribution in [-0.2, 0) is 25.5 Å². The summed E-state index contributed by atoms with van der Waals surface area (Å²) >= 11 is 0. The van der Waals surface area contributed by atoms with E-state index in [-0.39, 0.29) is 29.8 Å². The number of ether oxygens (including phenoxy) is 2.